The first-order valence-electron chi connectivity index (χ1n) is 19.0. The maximum absolute atomic E-state index is 12.6. The number of carbonyl (C=O) groups is 3. The summed E-state index contributed by atoms with van der Waals surface area (Å²) >= 11 is 1.14. The van der Waals surface area contributed by atoms with Gasteiger partial charge in [-0.15, -0.1) is 0 Å². The second kappa shape index (κ2) is 23.3. The van der Waals surface area contributed by atoms with Gasteiger partial charge >= 0.3 is 0 Å². The molecule has 0 bridgehead atoms. The number of rotatable bonds is 27. The number of carbonyl (C=O) groups excluding carboxylic acids is 3. The summed E-state index contributed by atoms with van der Waals surface area (Å²) in [7, 11) is -17.6. The summed E-state index contributed by atoms with van der Waals surface area (Å²) in [6, 6.07) is 0. The second-order valence-electron chi connectivity index (χ2n) is 14.6. The van der Waals surface area contributed by atoms with Crippen molar-refractivity contribution in [2.75, 3.05) is 37.8 Å². The maximum Gasteiger partial charge on any atom is 0.274 e. The normalized spacial score (nSPS) is 21.6. The number of ether oxygens (including phenoxy) is 1. The van der Waals surface area contributed by atoms with Crippen LogP contribution in [0.25, 0.3) is 11.2 Å². The lowest BCUT2D eigenvalue weighted by molar-refractivity contribution is -0.347. The number of aliphatic hydroxyl groups excluding tert-OH is 2. The molecule has 1 aliphatic rings. The van der Waals surface area contributed by atoms with Crippen LogP contribution in [0.15, 0.2) is 12.7 Å². The minimum atomic E-state index is -5.91. The van der Waals surface area contributed by atoms with E-state index in [2.05, 4.69) is 50.4 Å². The van der Waals surface area contributed by atoms with Crippen LogP contribution in [0, 0.1) is 11.3 Å². The highest BCUT2D eigenvalue weighted by Gasteiger charge is 2.47. The number of phosphoric ester groups is 3. The Hall–Kier alpha value is -2.44. The maximum atomic E-state index is 12.6. The van der Waals surface area contributed by atoms with Gasteiger partial charge in [-0.05, 0) is 6.42 Å². The van der Waals surface area contributed by atoms with Crippen LogP contribution in [0.5, 0.6) is 0 Å². The average Bonchev–Trinajstić information content (AvgIpc) is 3.72. The summed E-state index contributed by atoms with van der Waals surface area (Å²) < 4.78 is 60.7. The first-order chi connectivity index (χ1) is 28.0. The van der Waals surface area contributed by atoms with E-state index in [1.807, 2.05) is 6.92 Å². The van der Waals surface area contributed by atoms with Crippen LogP contribution in [0.2, 0.25) is 0 Å². The summed E-state index contributed by atoms with van der Waals surface area (Å²) in [6.07, 6.45) is 0.0853. The molecule has 2 aromatic heterocycles. The minimum absolute atomic E-state index is 0.0192. The van der Waals surface area contributed by atoms with Gasteiger partial charge in [0.05, 0.1) is 27.4 Å². The van der Waals surface area contributed by atoms with E-state index < -0.39 is 84.6 Å². The predicted molar refractivity (Wildman–Crippen MR) is 205 cm³/mol. The lowest BCUT2D eigenvalue weighted by Crippen LogP contribution is -2.46. The zero-order valence-corrected chi connectivity index (χ0v) is 36.9. The topological polar surface area (TPSA) is 375 Å². The first kappa shape index (κ1) is 51.9. The number of fused-ring (bicyclic) bond motifs is 1. The Labute approximate surface area is 350 Å². The standard InChI is InChI=1S/C32H56N7O17P3S/c1-5-6-7-8-9-10-11-20(2)31(44)60-15-14-34-22(40)12-13-35-29(43)26(42)32(3,4)17-53-59(50,51)56-58(48,49)52-16-21-25(55-57(45,46)47)24(41)30(54-21)39-19-38-23-27(33)36-18-37-28(23)39/h18-21,24-26,30,41-42H,5-17H2,1-4H3,(H,34,40)(H,35,43)(H,48,49)(H,50,51)(H2,33,36,37)(H2,45,46,47)/p-4/t20-,21?,24?,25?,26?,30?/m0/s1. The van der Waals surface area contributed by atoms with Crippen molar-refractivity contribution in [3.05, 3.63) is 12.7 Å². The van der Waals surface area contributed by atoms with Gasteiger partial charge in [-0.25, -0.2) is 19.3 Å². The Morgan fingerprint density at radius 2 is 1.68 bits per heavy atom. The van der Waals surface area contributed by atoms with Crippen molar-refractivity contribution in [2.24, 2.45) is 11.3 Å². The first-order valence-corrected chi connectivity index (χ1v) is 24.3. The molecule has 0 aliphatic carbocycles. The quantitative estimate of drug-likeness (QED) is 0.0558. The number of hydrogen-bond acceptors (Lipinski definition) is 22. The Kier molecular flexibility index (Phi) is 20.2. The number of amides is 2. The van der Waals surface area contributed by atoms with Crippen molar-refractivity contribution in [1.29, 1.82) is 0 Å². The largest absolute Gasteiger partial charge is 0.790 e. The molecule has 0 radical (unpaired) electrons. The highest BCUT2D eigenvalue weighted by molar-refractivity contribution is 8.13. The molecule has 24 nitrogen and oxygen atoms in total. The van der Waals surface area contributed by atoms with E-state index in [4.69, 9.17) is 10.5 Å². The molecular weight excluding hydrogens is 879 g/mol. The molecule has 28 heteroatoms. The van der Waals surface area contributed by atoms with Crippen molar-refractivity contribution in [3.63, 3.8) is 0 Å². The van der Waals surface area contributed by atoms with E-state index in [1.165, 1.54) is 33.1 Å². The number of aromatic nitrogens is 4. The molecule has 8 atom stereocenters. The molecule has 0 spiro atoms. The van der Waals surface area contributed by atoms with E-state index >= 15 is 0 Å². The van der Waals surface area contributed by atoms with Crippen LogP contribution in [0.3, 0.4) is 0 Å². The highest BCUT2D eigenvalue weighted by Crippen LogP contribution is 2.56. The third-order valence-corrected chi connectivity index (χ3v) is 13.2. The third-order valence-electron chi connectivity index (χ3n) is 9.11. The number of hydrogen-bond donors (Lipinski definition) is 5. The van der Waals surface area contributed by atoms with Crippen molar-refractivity contribution in [3.8, 4) is 0 Å². The number of imidazole rings is 1. The van der Waals surface area contributed by atoms with Crippen LogP contribution < -0.4 is 35.9 Å². The van der Waals surface area contributed by atoms with Gasteiger partial charge < -0.3 is 69.0 Å². The molecule has 3 heterocycles. The van der Waals surface area contributed by atoms with Crippen molar-refractivity contribution in [1.82, 2.24) is 30.2 Å². The molecule has 1 aliphatic heterocycles. The molecule has 342 valence electrons. The molecule has 2 amide bonds. The SMILES string of the molecule is CCCCCCCC[C@H](C)C(=O)SCCNC(=O)CCNC(=O)C(O)C(C)(C)COP(=O)([O-])OP(=O)([O-])OCC1OC(n2cnc3c(N)ncnc32)C(O)C1OP(=O)([O-])[O-]. The van der Waals surface area contributed by atoms with Gasteiger partial charge in [0.2, 0.25) is 11.8 Å². The van der Waals surface area contributed by atoms with Crippen molar-refractivity contribution in [2.45, 2.75) is 110 Å². The summed E-state index contributed by atoms with van der Waals surface area (Å²) in [5.41, 5.74) is 4.08. The van der Waals surface area contributed by atoms with Crippen LogP contribution in [-0.4, -0.2) is 103 Å². The van der Waals surface area contributed by atoms with Gasteiger partial charge in [0.1, 0.15) is 36.3 Å². The number of thioether (sulfide) groups is 1. The Morgan fingerprint density at radius 3 is 2.37 bits per heavy atom. The summed E-state index contributed by atoms with van der Waals surface area (Å²) in [4.78, 5) is 96.7. The Balaban J connectivity index is 1.42. The van der Waals surface area contributed by atoms with Crippen molar-refractivity contribution < 1.29 is 80.5 Å². The van der Waals surface area contributed by atoms with Gasteiger partial charge in [0.15, 0.2) is 22.8 Å². The number of nitrogen functional groups attached to an aromatic ring is 1. The average molecular weight is 932 g/mol. The number of nitrogens with two attached hydrogens (primary N) is 1. The summed E-state index contributed by atoms with van der Waals surface area (Å²) in [5.74, 6) is -1.23. The molecule has 6 N–H and O–H groups in total. The van der Waals surface area contributed by atoms with Crippen LogP contribution in [-0.2, 0) is 50.7 Å². The smallest absolute Gasteiger partial charge is 0.274 e. The molecule has 0 saturated carbocycles. The predicted octanol–water partition coefficient (Wildman–Crippen LogP) is -0.477. The molecule has 7 unspecified atom stereocenters. The minimum Gasteiger partial charge on any atom is -0.790 e. The number of aliphatic hydroxyl groups is 2. The van der Waals surface area contributed by atoms with E-state index in [1.54, 1.807) is 0 Å². The monoisotopic (exact) mass is 931 g/mol. The van der Waals surface area contributed by atoms with Gasteiger partial charge in [-0.3, -0.25) is 28.1 Å². The lowest BCUT2D eigenvalue weighted by Gasteiger charge is -2.36. The number of nitrogens with zero attached hydrogens (tertiary/aromatic N) is 4. The highest BCUT2D eigenvalue weighted by atomic mass is 32.2. The van der Waals surface area contributed by atoms with Crippen molar-refractivity contribution >= 4 is 69.1 Å². The third kappa shape index (κ3) is 16.7. The fourth-order valence-corrected chi connectivity index (χ4v) is 9.29. The Morgan fingerprint density at radius 1 is 1.02 bits per heavy atom. The van der Waals surface area contributed by atoms with E-state index in [0.29, 0.717) is 5.75 Å². The number of nitrogens with one attached hydrogen (secondary N) is 2. The van der Waals surface area contributed by atoms with Crippen LogP contribution >= 0.6 is 35.2 Å². The van der Waals surface area contributed by atoms with E-state index in [0.717, 1.165) is 54.7 Å². The molecule has 3 rings (SSSR count). The van der Waals surface area contributed by atoms with Gasteiger partial charge in [-0.1, -0.05) is 78.0 Å². The molecular formula is C32H52N7O17P3S-4. The zero-order chi connectivity index (χ0) is 44.9. The van der Waals surface area contributed by atoms with E-state index in [9.17, 15) is 57.9 Å². The van der Waals surface area contributed by atoms with Gasteiger partial charge in [-0.2, -0.15) is 0 Å². The second-order valence-corrected chi connectivity index (χ2v) is 19.8. The number of unbranched alkanes of at least 4 members (excludes halogenated alkanes) is 5. The molecule has 0 aromatic carbocycles. The summed E-state index contributed by atoms with van der Waals surface area (Å²) in [5, 5.41) is 26.4. The zero-order valence-electron chi connectivity index (χ0n) is 33.4. The van der Waals surface area contributed by atoms with Crippen LogP contribution in [0.4, 0.5) is 5.82 Å². The number of anilines is 1. The molecule has 1 fully saturated rings. The molecule has 60 heavy (non-hydrogen) atoms. The fourth-order valence-electron chi connectivity index (χ4n) is 5.75. The van der Waals surface area contributed by atoms with Gasteiger partial charge in [0.25, 0.3) is 15.6 Å². The van der Waals surface area contributed by atoms with Gasteiger partial charge in [0, 0.05) is 36.6 Å². The lowest BCUT2D eigenvalue weighted by atomic mass is 9.87. The number of phosphoric acid groups is 3. The Bertz CT molecular complexity index is 1890. The molecule has 2 aromatic rings. The van der Waals surface area contributed by atoms with Crippen LogP contribution in [0.1, 0.15) is 85.3 Å². The fraction of sp³-hybridized carbons (Fsp3) is 0.750. The molecule has 1 saturated heterocycles. The van der Waals surface area contributed by atoms with E-state index in [-0.39, 0.29) is 47.5 Å². The summed E-state index contributed by atoms with van der Waals surface area (Å²) in [6.45, 7) is 4.20.